The van der Waals surface area contributed by atoms with E-state index in [0.717, 1.165) is 0 Å². The standard InChI is InChI=1S/C25H33FN5O8P/c1-15(2)11-36-24(34)16(3)30-40(35,39-17-7-5-4-6-8-17)37-13-25(12-26)22(33)20(32)21(38-25)18-9-10-19-23(27)28-14-29-31(18)19/h4-10,14-16,20-22,32-33H,11-13H2,1-3H3,(H,30,35)(H2,27,28,29)/t16-,20-,21-,22-,25+,40?/m0/s1. The van der Waals surface area contributed by atoms with Crippen LogP contribution in [0, 0.1) is 5.92 Å². The second kappa shape index (κ2) is 12.2. The van der Waals surface area contributed by atoms with E-state index in [1.54, 1.807) is 30.3 Å². The van der Waals surface area contributed by atoms with E-state index in [9.17, 15) is 24.0 Å². The molecule has 0 spiro atoms. The third kappa shape index (κ3) is 6.27. The maximum atomic E-state index is 14.6. The number of nitrogens with zero attached hydrogens (tertiary/aromatic N) is 3. The lowest BCUT2D eigenvalue weighted by molar-refractivity contribution is -0.146. The lowest BCUT2D eigenvalue weighted by Gasteiger charge is -2.31. The molecular weight excluding hydrogens is 548 g/mol. The normalized spacial score (nSPS) is 25.1. The first kappa shape index (κ1) is 29.8. The monoisotopic (exact) mass is 581 g/mol. The van der Waals surface area contributed by atoms with Crippen molar-refractivity contribution in [2.24, 2.45) is 5.92 Å². The molecule has 218 valence electrons. The number of carbonyl (C=O) groups is 1. The Kier molecular flexibility index (Phi) is 9.08. The van der Waals surface area contributed by atoms with Crippen molar-refractivity contribution < 1.29 is 42.5 Å². The van der Waals surface area contributed by atoms with Crippen LogP contribution in [0.25, 0.3) is 5.52 Å². The van der Waals surface area contributed by atoms with Crippen LogP contribution < -0.4 is 15.3 Å². The molecule has 15 heteroatoms. The molecular formula is C25H33FN5O8P. The first-order valence-electron chi connectivity index (χ1n) is 12.6. The molecule has 1 unspecified atom stereocenters. The number of ether oxygens (including phenoxy) is 2. The number of nitrogens with one attached hydrogen (secondary N) is 1. The highest BCUT2D eigenvalue weighted by Gasteiger charge is 2.57. The van der Waals surface area contributed by atoms with Gasteiger partial charge >= 0.3 is 13.7 Å². The largest absolute Gasteiger partial charge is 0.464 e. The molecule has 1 fully saturated rings. The molecule has 2 aromatic heterocycles. The van der Waals surface area contributed by atoms with Gasteiger partial charge in [-0.3, -0.25) is 9.32 Å². The van der Waals surface area contributed by atoms with E-state index < -0.39 is 57.0 Å². The number of carbonyl (C=O) groups excluding carboxylic acids is 1. The first-order chi connectivity index (χ1) is 19.0. The van der Waals surface area contributed by atoms with Crippen LogP contribution >= 0.6 is 7.75 Å². The number of benzene rings is 1. The molecule has 0 saturated carbocycles. The summed E-state index contributed by atoms with van der Waals surface area (Å²) in [6.45, 7) is 3.14. The molecule has 1 aromatic carbocycles. The van der Waals surface area contributed by atoms with Gasteiger partial charge in [0, 0.05) is 0 Å². The number of alkyl halides is 1. The Labute approximate surface area is 230 Å². The van der Waals surface area contributed by atoms with Crippen molar-refractivity contribution in [3.05, 3.63) is 54.5 Å². The fourth-order valence-electron chi connectivity index (χ4n) is 4.13. The zero-order valence-corrected chi connectivity index (χ0v) is 23.1. The number of hydrogen-bond acceptors (Lipinski definition) is 11. The molecule has 0 amide bonds. The Bertz CT molecular complexity index is 1360. The summed E-state index contributed by atoms with van der Waals surface area (Å²) in [4.78, 5) is 16.4. The number of anilines is 1. The lowest BCUT2D eigenvalue weighted by atomic mass is 9.96. The van der Waals surface area contributed by atoms with Crippen molar-refractivity contribution in [2.75, 3.05) is 25.6 Å². The third-order valence-corrected chi connectivity index (χ3v) is 7.90. The highest BCUT2D eigenvalue weighted by molar-refractivity contribution is 7.52. The molecule has 4 rings (SSSR count). The maximum Gasteiger partial charge on any atom is 0.459 e. The number of aliphatic hydroxyl groups excluding tert-OH is 2. The number of halogens is 1. The summed E-state index contributed by atoms with van der Waals surface area (Å²) in [6, 6.07) is 9.99. The van der Waals surface area contributed by atoms with Crippen LogP contribution in [0.2, 0.25) is 0 Å². The number of rotatable bonds is 12. The summed E-state index contributed by atoms with van der Waals surface area (Å²) in [5.74, 6) is -0.327. The van der Waals surface area contributed by atoms with Crippen molar-refractivity contribution in [2.45, 2.75) is 50.7 Å². The Balaban J connectivity index is 1.57. The van der Waals surface area contributed by atoms with Gasteiger partial charge in [-0.15, -0.1) is 0 Å². The highest BCUT2D eigenvalue weighted by atomic mass is 31.2. The van der Waals surface area contributed by atoms with Gasteiger partial charge in [0.1, 0.15) is 54.2 Å². The van der Waals surface area contributed by atoms with Crippen molar-refractivity contribution in [3.63, 3.8) is 0 Å². The van der Waals surface area contributed by atoms with Gasteiger partial charge in [-0.1, -0.05) is 32.0 Å². The van der Waals surface area contributed by atoms with Gasteiger partial charge in [-0.05, 0) is 37.1 Å². The predicted molar refractivity (Wildman–Crippen MR) is 141 cm³/mol. The fraction of sp³-hybridized carbons (Fsp3) is 0.480. The van der Waals surface area contributed by atoms with Crippen molar-refractivity contribution in [3.8, 4) is 5.75 Å². The topological polar surface area (TPSA) is 180 Å². The van der Waals surface area contributed by atoms with Gasteiger partial charge in [-0.2, -0.15) is 10.2 Å². The number of aliphatic hydroxyl groups is 2. The van der Waals surface area contributed by atoms with Crippen molar-refractivity contribution in [1.29, 1.82) is 0 Å². The van der Waals surface area contributed by atoms with E-state index in [4.69, 9.17) is 24.3 Å². The third-order valence-electron chi connectivity index (χ3n) is 6.28. The fourth-order valence-corrected chi connectivity index (χ4v) is 5.68. The number of aromatic nitrogens is 3. The summed E-state index contributed by atoms with van der Waals surface area (Å²) in [7, 11) is -4.41. The molecule has 3 aromatic rings. The minimum Gasteiger partial charge on any atom is -0.464 e. The Morgan fingerprint density at radius 2 is 1.98 bits per heavy atom. The average Bonchev–Trinajstić information content (AvgIpc) is 3.47. The lowest BCUT2D eigenvalue weighted by Crippen LogP contribution is -2.49. The highest BCUT2D eigenvalue weighted by Crippen LogP contribution is 2.48. The summed E-state index contributed by atoms with van der Waals surface area (Å²) in [5, 5.41) is 28.3. The summed E-state index contributed by atoms with van der Waals surface area (Å²) in [5.41, 5.74) is 4.42. The van der Waals surface area contributed by atoms with Crippen molar-refractivity contribution in [1.82, 2.24) is 19.7 Å². The predicted octanol–water partition coefficient (Wildman–Crippen LogP) is 2.19. The second-order valence-corrected chi connectivity index (χ2v) is 11.6. The molecule has 6 atom stereocenters. The minimum atomic E-state index is -4.41. The number of esters is 1. The molecule has 0 radical (unpaired) electrons. The number of nitrogens with two attached hydrogens (primary N) is 1. The van der Waals surface area contributed by atoms with Gasteiger partial charge in [0.2, 0.25) is 0 Å². The minimum absolute atomic E-state index is 0.0742. The van der Waals surface area contributed by atoms with Gasteiger partial charge in [-0.25, -0.2) is 18.5 Å². The van der Waals surface area contributed by atoms with Crippen molar-refractivity contribution >= 4 is 25.1 Å². The average molecular weight is 582 g/mol. The number of para-hydroxylation sites is 1. The molecule has 0 bridgehead atoms. The molecule has 1 saturated heterocycles. The van der Waals surface area contributed by atoms with Crippen LogP contribution in [0.1, 0.15) is 32.6 Å². The van der Waals surface area contributed by atoms with E-state index in [2.05, 4.69) is 15.2 Å². The van der Waals surface area contributed by atoms with Gasteiger partial charge < -0.3 is 29.9 Å². The Hall–Kier alpha value is -3.13. The Morgan fingerprint density at radius 1 is 1.25 bits per heavy atom. The summed E-state index contributed by atoms with van der Waals surface area (Å²) < 4.78 is 52.0. The van der Waals surface area contributed by atoms with Crippen LogP contribution in [0.5, 0.6) is 5.75 Å². The smallest absolute Gasteiger partial charge is 0.459 e. The van der Waals surface area contributed by atoms with Crippen LogP contribution in [-0.4, -0.2) is 74.5 Å². The number of fused-ring (bicyclic) bond motifs is 1. The molecule has 1 aliphatic rings. The zero-order valence-electron chi connectivity index (χ0n) is 22.2. The summed E-state index contributed by atoms with van der Waals surface area (Å²) >= 11 is 0. The van der Waals surface area contributed by atoms with Crippen LogP contribution in [-0.2, 0) is 23.4 Å². The molecule has 0 aliphatic carbocycles. The molecule has 40 heavy (non-hydrogen) atoms. The van der Waals surface area contributed by atoms with Crippen LogP contribution in [0.15, 0.2) is 48.8 Å². The SMILES string of the molecule is CC(C)COC(=O)[C@H](C)NP(=O)(OC[C@@]1(CF)O[C@@H](c2ccc3c(N)ncnn23)[C@H](O)[C@@H]1O)Oc1ccccc1. The van der Waals surface area contributed by atoms with Crippen LogP contribution in [0.4, 0.5) is 10.2 Å². The maximum absolute atomic E-state index is 14.6. The Morgan fingerprint density at radius 3 is 2.65 bits per heavy atom. The molecule has 5 N–H and O–H groups in total. The van der Waals surface area contributed by atoms with Gasteiger partial charge in [0.05, 0.1) is 18.9 Å². The van der Waals surface area contributed by atoms with Gasteiger partial charge in [0.15, 0.2) is 5.82 Å². The van der Waals surface area contributed by atoms with Gasteiger partial charge in [0.25, 0.3) is 0 Å². The zero-order chi connectivity index (χ0) is 29.1. The number of hydrogen-bond donors (Lipinski definition) is 4. The van der Waals surface area contributed by atoms with E-state index in [-0.39, 0.29) is 29.8 Å². The first-order valence-corrected chi connectivity index (χ1v) is 14.1. The molecule has 13 nitrogen and oxygen atoms in total. The molecule has 3 heterocycles. The summed E-state index contributed by atoms with van der Waals surface area (Å²) in [6.07, 6.45) is -3.46. The van der Waals surface area contributed by atoms with E-state index in [1.807, 2.05) is 13.8 Å². The quantitative estimate of drug-likeness (QED) is 0.181. The molecule has 1 aliphatic heterocycles. The second-order valence-electron chi connectivity index (χ2n) is 9.92. The van der Waals surface area contributed by atoms with Crippen LogP contribution in [0.3, 0.4) is 0 Å². The van der Waals surface area contributed by atoms with E-state index in [0.29, 0.717) is 5.52 Å². The number of nitrogen functional groups attached to an aromatic ring is 1. The van der Waals surface area contributed by atoms with E-state index >= 15 is 0 Å². The van der Waals surface area contributed by atoms with E-state index in [1.165, 1.54) is 29.9 Å².